The van der Waals surface area contributed by atoms with Crippen molar-refractivity contribution in [2.45, 2.75) is 18.0 Å². The van der Waals surface area contributed by atoms with E-state index >= 15 is 0 Å². The van der Waals surface area contributed by atoms with E-state index in [9.17, 15) is 13.2 Å². The Morgan fingerprint density at radius 3 is 2.30 bits per heavy atom. The molecule has 8 heteroatoms. The summed E-state index contributed by atoms with van der Waals surface area (Å²) in [4.78, 5) is 12.8. The molecule has 1 N–H and O–H groups in total. The van der Waals surface area contributed by atoms with E-state index in [1.54, 1.807) is 48.5 Å². The van der Waals surface area contributed by atoms with Crippen LogP contribution in [0.2, 0.25) is 0 Å². The molecule has 0 unspecified atom stereocenters. The van der Waals surface area contributed by atoms with Gasteiger partial charge in [0.2, 0.25) is 10.0 Å². The molecule has 33 heavy (non-hydrogen) atoms. The van der Waals surface area contributed by atoms with Crippen molar-refractivity contribution in [3.63, 3.8) is 0 Å². The quantitative estimate of drug-likeness (QED) is 0.551. The van der Waals surface area contributed by atoms with Crippen molar-refractivity contribution in [1.29, 1.82) is 0 Å². The highest BCUT2D eigenvalue weighted by Gasteiger charge is 2.28. The largest absolute Gasteiger partial charge is 0.489 e. The van der Waals surface area contributed by atoms with Crippen molar-refractivity contribution in [1.82, 2.24) is 9.62 Å². The van der Waals surface area contributed by atoms with Gasteiger partial charge < -0.3 is 14.8 Å². The highest BCUT2D eigenvalue weighted by atomic mass is 32.2. The molecule has 3 aromatic carbocycles. The number of sulfonamides is 1. The Kier molecular flexibility index (Phi) is 7.39. The zero-order valence-electron chi connectivity index (χ0n) is 18.1. The van der Waals surface area contributed by atoms with Crippen LogP contribution in [-0.4, -0.2) is 44.9 Å². The highest BCUT2D eigenvalue weighted by Crippen LogP contribution is 2.21. The lowest BCUT2D eigenvalue weighted by Crippen LogP contribution is -2.41. The molecule has 7 nitrogen and oxygen atoms in total. The number of carbonyl (C=O) groups excluding carboxylic acids is 1. The van der Waals surface area contributed by atoms with Crippen molar-refractivity contribution in [2.24, 2.45) is 0 Å². The fourth-order valence-corrected chi connectivity index (χ4v) is 5.18. The second-order valence-electron chi connectivity index (χ2n) is 7.61. The van der Waals surface area contributed by atoms with Crippen LogP contribution < -0.4 is 10.1 Å². The number of benzene rings is 3. The van der Waals surface area contributed by atoms with Gasteiger partial charge in [-0.25, -0.2) is 8.42 Å². The van der Waals surface area contributed by atoms with Crippen LogP contribution in [0.15, 0.2) is 83.8 Å². The zero-order valence-corrected chi connectivity index (χ0v) is 19.0. The number of nitrogens with one attached hydrogen (secondary N) is 1. The molecule has 172 valence electrons. The molecule has 0 radical (unpaired) electrons. The number of rotatable bonds is 8. The molecule has 1 heterocycles. The SMILES string of the molecule is O=C(NCc1ccccc1S(=O)(=O)N1CCOCC1)c1ccc(OCc2ccccc2)cc1. The first-order valence-electron chi connectivity index (χ1n) is 10.7. The Morgan fingerprint density at radius 1 is 0.909 bits per heavy atom. The topological polar surface area (TPSA) is 84.9 Å². The first-order chi connectivity index (χ1) is 16.0. The summed E-state index contributed by atoms with van der Waals surface area (Å²) in [7, 11) is -3.65. The molecule has 0 saturated carbocycles. The predicted molar refractivity (Wildman–Crippen MR) is 124 cm³/mol. The highest BCUT2D eigenvalue weighted by molar-refractivity contribution is 7.89. The fourth-order valence-electron chi connectivity index (χ4n) is 3.55. The van der Waals surface area contributed by atoms with Gasteiger partial charge in [0.15, 0.2) is 0 Å². The van der Waals surface area contributed by atoms with Crippen molar-refractivity contribution in [3.05, 3.63) is 95.6 Å². The molecule has 1 saturated heterocycles. The summed E-state index contributed by atoms with van der Waals surface area (Å²) in [5.41, 5.74) is 2.07. The van der Waals surface area contributed by atoms with Crippen LogP contribution in [0.4, 0.5) is 0 Å². The molecular weight excluding hydrogens is 440 g/mol. The Labute approximate surface area is 194 Å². The van der Waals surface area contributed by atoms with Crippen LogP contribution in [0.5, 0.6) is 5.75 Å². The number of morpholine rings is 1. The summed E-state index contributed by atoms with van der Waals surface area (Å²) in [5, 5.41) is 2.82. The summed E-state index contributed by atoms with van der Waals surface area (Å²) in [6.07, 6.45) is 0. The summed E-state index contributed by atoms with van der Waals surface area (Å²) >= 11 is 0. The van der Waals surface area contributed by atoms with E-state index in [0.717, 1.165) is 5.56 Å². The molecule has 0 atom stereocenters. The van der Waals surface area contributed by atoms with Crippen molar-refractivity contribution >= 4 is 15.9 Å². The maximum atomic E-state index is 13.1. The summed E-state index contributed by atoms with van der Waals surface area (Å²) in [6, 6.07) is 23.4. The van der Waals surface area contributed by atoms with E-state index in [2.05, 4.69) is 5.32 Å². The van der Waals surface area contributed by atoms with E-state index < -0.39 is 10.0 Å². The molecule has 3 aromatic rings. The van der Waals surface area contributed by atoms with Crippen molar-refractivity contribution < 1.29 is 22.7 Å². The van der Waals surface area contributed by atoms with E-state index in [1.807, 2.05) is 30.3 Å². The molecule has 1 aliphatic rings. The van der Waals surface area contributed by atoms with Crippen molar-refractivity contribution in [3.8, 4) is 5.75 Å². The van der Waals surface area contributed by atoms with Gasteiger partial charge >= 0.3 is 0 Å². The minimum atomic E-state index is -3.65. The number of carbonyl (C=O) groups is 1. The summed E-state index contributed by atoms with van der Waals surface area (Å²) < 4.78 is 38.6. The predicted octanol–water partition coefficient (Wildman–Crippen LogP) is 3.22. The lowest BCUT2D eigenvalue weighted by molar-refractivity contribution is 0.0730. The molecule has 0 aromatic heterocycles. The Bertz CT molecular complexity index is 1170. The Balaban J connectivity index is 1.38. The lowest BCUT2D eigenvalue weighted by Gasteiger charge is -2.27. The third-order valence-corrected chi connectivity index (χ3v) is 7.36. The second-order valence-corrected chi connectivity index (χ2v) is 9.51. The standard InChI is InChI=1S/C25H26N2O5S/c28-25(21-10-12-23(13-11-21)32-19-20-6-2-1-3-7-20)26-18-22-8-4-5-9-24(22)33(29,30)27-14-16-31-17-15-27/h1-13H,14-19H2,(H,26,28). The van der Waals surface area contributed by atoms with Crippen LogP contribution >= 0.6 is 0 Å². The van der Waals surface area contributed by atoms with Crippen LogP contribution in [-0.2, 0) is 27.9 Å². The average molecular weight is 467 g/mol. The Hall–Kier alpha value is -3.20. The number of hydrogen-bond donors (Lipinski definition) is 1. The average Bonchev–Trinajstić information content (AvgIpc) is 2.87. The first-order valence-corrected chi connectivity index (χ1v) is 12.2. The lowest BCUT2D eigenvalue weighted by atomic mass is 10.2. The van der Waals surface area contributed by atoms with Gasteiger partial charge in [-0.05, 0) is 41.5 Å². The monoisotopic (exact) mass is 466 g/mol. The van der Waals surface area contributed by atoms with Gasteiger partial charge in [-0.15, -0.1) is 0 Å². The van der Waals surface area contributed by atoms with Gasteiger partial charge in [-0.1, -0.05) is 48.5 Å². The van der Waals surface area contributed by atoms with Crippen LogP contribution in [0.3, 0.4) is 0 Å². The smallest absolute Gasteiger partial charge is 0.251 e. The first kappa shape index (κ1) is 23.0. The van der Waals surface area contributed by atoms with Crippen molar-refractivity contribution in [2.75, 3.05) is 26.3 Å². The maximum absolute atomic E-state index is 13.1. The molecule has 0 spiro atoms. The molecule has 1 fully saturated rings. The molecular formula is C25H26N2O5S. The van der Waals surface area contributed by atoms with Gasteiger partial charge in [0.05, 0.1) is 18.1 Å². The third kappa shape index (κ3) is 5.78. The molecule has 0 aliphatic carbocycles. The number of nitrogens with zero attached hydrogens (tertiary/aromatic N) is 1. The van der Waals surface area contributed by atoms with Gasteiger partial charge in [-0.3, -0.25) is 4.79 Å². The molecule has 0 bridgehead atoms. The molecule has 1 aliphatic heterocycles. The number of hydrogen-bond acceptors (Lipinski definition) is 5. The van der Waals surface area contributed by atoms with Crippen LogP contribution in [0.25, 0.3) is 0 Å². The molecule has 4 rings (SSSR count). The van der Waals surface area contributed by atoms with Gasteiger partial charge in [-0.2, -0.15) is 4.31 Å². The van der Waals surface area contributed by atoms with E-state index in [0.29, 0.717) is 49.8 Å². The maximum Gasteiger partial charge on any atom is 0.251 e. The minimum absolute atomic E-state index is 0.102. The van der Waals surface area contributed by atoms with Crippen LogP contribution in [0.1, 0.15) is 21.5 Å². The van der Waals surface area contributed by atoms with E-state index in [4.69, 9.17) is 9.47 Å². The van der Waals surface area contributed by atoms with E-state index in [1.165, 1.54) is 4.31 Å². The van der Waals surface area contributed by atoms with Gasteiger partial charge in [0, 0.05) is 25.2 Å². The van der Waals surface area contributed by atoms with Gasteiger partial charge in [0.1, 0.15) is 12.4 Å². The number of ether oxygens (including phenoxy) is 2. The fraction of sp³-hybridized carbons (Fsp3) is 0.240. The molecule has 1 amide bonds. The van der Waals surface area contributed by atoms with Gasteiger partial charge in [0.25, 0.3) is 5.91 Å². The third-order valence-electron chi connectivity index (χ3n) is 5.36. The summed E-state index contributed by atoms with van der Waals surface area (Å²) in [5.74, 6) is 0.375. The van der Waals surface area contributed by atoms with E-state index in [-0.39, 0.29) is 17.3 Å². The minimum Gasteiger partial charge on any atom is -0.489 e. The van der Waals surface area contributed by atoms with Crippen LogP contribution in [0, 0.1) is 0 Å². The summed E-state index contributed by atoms with van der Waals surface area (Å²) in [6.45, 7) is 1.95. The number of amides is 1. The Morgan fingerprint density at radius 2 is 1.58 bits per heavy atom. The second kappa shape index (κ2) is 10.6. The normalized spacial score (nSPS) is 14.5. The zero-order chi connectivity index (χ0) is 23.1.